The van der Waals surface area contributed by atoms with E-state index >= 15 is 0 Å². The molecule has 1 aliphatic rings. The maximum absolute atomic E-state index is 11.6. The number of carbonyl (C=O) groups excluding carboxylic acids is 1. The molecule has 1 saturated carbocycles. The summed E-state index contributed by atoms with van der Waals surface area (Å²) in [7, 11) is -3.45. The Labute approximate surface area is 95.3 Å². The first-order valence-corrected chi connectivity index (χ1v) is 6.98. The fourth-order valence-electron chi connectivity index (χ4n) is 1.62. The summed E-state index contributed by atoms with van der Waals surface area (Å²) in [4.78, 5) is 11.1. The van der Waals surface area contributed by atoms with Gasteiger partial charge >= 0.3 is 5.97 Å². The lowest BCUT2D eigenvalue weighted by Gasteiger charge is -2.10. The summed E-state index contributed by atoms with van der Waals surface area (Å²) in [5, 5.41) is 8.57. The van der Waals surface area contributed by atoms with Crippen LogP contribution in [0.25, 0.3) is 0 Å². The predicted molar refractivity (Wildman–Crippen MR) is 57.2 cm³/mol. The van der Waals surface area contributed by atoms with Gasteiger partial charge in [0.15, 0.2) is 9.84 Å². The molecule has 5 nitrogen and oxygen atoms in total. The number of nitrogens with zero attached hydrogens (tertiary/aromatic N) is 1. The van der Waals surface area contributed by atoms with Gasteiger partial charge in [-0.1, -0.05) is 0 Å². The van der Waals surface area contributed by atoms with Crippen LogP contribution in [0.2, 0.25) is 0 Å². The molecule has 6 heteroatoms. The molecule has 0 saturated heterocycles. The van der Waals surface area contributed by atoms with E-state index in [-0.39, 0.29) is 24.2 Å². The highest BCUT2D eigenvalue weighted by molar-refractivity contribution is 7.92. The predicted octanol–water partition coefficient (Wildman–Crippen LogP) is 0.658. The third-order valence-electron chi connectivity index (χ3n) is 2.58. The van der Waals surface area contributed by atoms with Crippen LogP contribution in [-0.4, -0.2) is 32.5 Å². The molecule has 16 heavy (non-hydrogen) atoms. The van der Waals surface area contributed by atoms with Crippen molar-refractivity contribution < 1.29 is 17.9 Å². The third kappa shape index (κ3) is 3.81. The highest BCUT2D eigenvalue weighted by Gasteiger charge is 2.46. The van der Waals surface area contributed by atoms with Crippen LogP contribution in [0.1, 0.15) is 26.2 Å². The van der Waals surface area contributed by atoms with Gasteiger partial charge in [-0.25, -0.2) is 8.42 Å². The number of esters is 1. The maximum Gasteiger partial charge on any atom is 0.321 e. The van der Waals surface area contributed by atoms with E-state index in [1.807, 2.05) is 6.07 Å². The van der Waals surface area contributed by atoms with Gasteiger partial charge in [0.25, 0.3) is 0 Å². The van der Waals surface area contributed by atoms with Gasteiger partial charge in [-0.3, -0.25) is 4.79 Å². The zero-order chi connectivity index (χ0) is 12.2. The molecule has 0 atom stereocenters. The molecule has 0 N–H and O–H groups in total. The number of sulfone groups is 1. The van der Waals surface area contributed by atoms with Gasteiger partial charge in [0, 0.05) is 6.42 Å². The molecule has 1 fully saturated rings. The molecule has 0 amide bonds. The number of hydrogen-bond acceptors (Lipinski definition) is 5. The van der Waals surface area contributed by atoms with Gasteiger partial charge in [0.2, 0.25) is 0 Å². The molecule has 1 rings (SSSR count). The van der Waals surface area contributed by atoms with Crippen molar-refractivity contribution in [1.82, 2.24) is 0 Å². The maximum atomic E-state index is 11.6. The minimum atomic E-state index is -3.45. The molecule has 0 unspecified atom stereocenters. The van der Waals surface area contributed by atoms with Crippen molar-refractivity contribution in [2.45, 2.75) is 26.2 Å². The zero-order valence-corrected chi connectivity index (χ0v) is 10.0. The molecule has 0 spiro atoms. The van der Waals surface area contributed by atoms with Crippen LogP contribution in [0, 0.1) is 16.7 Å². The number of nitriles is 1. The topological polar surface area (TPSA) is 84.2 Å². The summed E-state index contributed by atoms with van der Waals surface area (Å²) in [6, 6.07) is 1.99. The molecular formula is C10H15NO4S. The van der Waals surface area contributed by atoms with E-state index in [2.05, 4.69) is 4.74 Å². The first kappa shape index (κ1) is 13.0. The Morgan fingerprint density at radius 3 is 2.56 bits per heavy atom. The molecule has 0 aliphatic heterocycles. The first-order chi connectivity index (χ1) is 7.43. The van der Waals surface area contributed by atoms with Gasteiger partial charge in [-0.2, -0.15) is 5.26 Å². The summed E-state index contributed by atoms with van der Waals surface area (Å²) >= 11 is 0. The Kier molecular flexibility index (Phi) is 3.92. The van der Waals surface area contributed by atoms with Gasteiger partial charge in [-0.05, 0) is 25.2 Å². The molecule has 90 valence electrons. The Morgan fingerprint density at radius 2 is 2.12 bits per heavy atom. The zero-order valence-electron chi connectivity index (χ0n) is 9.23. The Balaban J connectivity index is 2.53. The molecule has 1 aliphatic carbocycles. The SMILES string of the molecule is CCOC(=O)CS(=O)(=O)CC1(CC#N)CC1. The number of hydrogen-bond donors (Lipinski definition) is 0. The number of ether oxygens (including phenoxy) is 1. The van der Waals surface area contributed by atoms with Gasteiger partial charge < -0.3 is 4.74 Å². The van der Waals surface area contributed by atoms with E-state index < -0.39 is 21.6 Å². The second-order valence-corrected chi connectivity index (χ2v) is 6.24. The van der Waals surface area contributed by atoms with Crippen LogP contribution in [-0.2, 0) is 19.4 Å². The van der Waals surface area contributed by atoms with Gasteiger partial charge in [-0.15, -0.1) is 0 Å². The molecule has 0 heterocycles. The van der Waals surface area contributed by atoms with Crippen LogP contribution in [0.5, 0.6) is 0 Å². The lowest BCUT2D eigenvalue weighted by atomic mass is 10.1. The lowest BCUT2D eigenvalue weighted by Crippen LogP contribution is -2.25. The summed E-state index contributed by atoms with van der Waals surface area (Å²) in [5.41, 5.74) is -0.389. The fraction of sp³-hybridized carbons (Fsp3) is 0.800. The summed E-state index contributed by atoms with van der Waals surface area (Å²) < 4.78 is 27.9. The van der Waals surface area contributed by atoms with E-state index in [9.17, 15) is 13.2 Å². The van der Waals surface area contributed by atoms with Crippen LogP contribution in [0.3, 0.4) is 0 Å². The largest absolute Gasteiger partial charge is 0.465 e. The van der Waals surface area contributed by atoms with Crippen molar-refractivity contribution in [3.05, 3.63) is 0 Å². The average Bonchev–Trinajstić information content (AvgIpc) is 2.83. The van der Waals surface area contributed by atoms with Crippen molar-refractivity contribution in [2.24, 2.45) is 5.41 Å². The average molecular weight is 245 g/mol. The van der Waals surface area contributed by atoms with Gasteiger partial charge in [0.05, 0.1) is 18.4 Å². The molecule has 0 aromatic carbocycles. The minimum absolute atomic E-state index is 0.0770. The first-order valence-electron chi connectivity index (χ1n) is 5.16. The highest BCUT2D eigenvalue weighted by Crippen LogP contribution is 2.49. The minimum Gasteiger partial charge on any atom is -0.465 e. The van der Waals surface area contributed by atoms with Crippen LogP contribution >= 0.6 is 0 Å². The molecule has 0 aromatic rings. The Morgan fingerprint density at radius 1 is 1.50 bits per heavy atom. The van der Waals surface area contributed by atoms with Crippen molar-refractivity contribution in [1.29, 1.82) is 5.26 Å². The Bertz CT molecular complexity index is 403. The monoisotopic (exact) mass is 245 g/mol. The van der Waals surface area contributed by atoms with Crippen molar-refractivity contribution in [3.63, 3.8) is 0 Å². The summed E-state index contributed by atoms with van der Waals surface area (Å²) in [6.07, 6.45) is 1.75. The summed E-state index contributed by atoms with van der Waals surface area (Å²) in [5.74, 6) is -1.37. The van der Waals surface area contributed by atoms with Gasteiger partial charge in [0.1, 0.15) is 5.75 Å². The molecule has 0 radical (unpaired) electrons. The van der Waals surface area contributed by atoms with Crippen molar-refractivity contribution >= 4 is 15.8 Å². The number of rotatable bonds is 6. The van der Waals surface area contributed by atoms with E-state index in [1.165, 1.54) is 0 Å². The van der Waals surface area contributed by atoms with E-state index in [1.54, 1.807) is 6.92 Å². The van der Waals surface area contributed by atoms with Crippen molar-refractivity contribution in [2.75, 3.05) is 18.1 Å². The van der Waals surface area contributed by atoms with E-state index in [4.69, 9.17) is 5.26 Å². The number of carbonyl (C=O) groups is 1. The van der Waals surface area contributed by atoms with Crippen LogP contribution in [0.15, 0.2) is 0 Å². The smallest absolute Gasteiger partial charge is 0.321 e. The van der Waals surface area contributed by atoms with Crippen molar-refractivity contribution in [3.8, 4) is 6.07 Å². The normalized spacial score (nSPS) is 17.5. The van der Waals surface area contributed by atoms with E-state index in [0.29, 0.717) is 0 Å². The Hall–Kier alpha value is -1.09. The lowest BCUT2D eigenvalue weighted by molar-refractivity contribution is -0.139. The van der Waals surface area contributed by atoms with Crippen LogP contribution in [0.4, 0.5) is 0 Å². The molecule has 0 aromatic heterocycles. The standard InChI is InChI=1S/C10H15NO4S/c1-2-15-9(12)7-16(13,14)8-10(3-4-10)5-6-11/h2-5,7-8H2,1H3. The molecular weight excluding hydrogens is 230 g/mol. The second-order valence-electron chi connectivity index (χ2n) is 4.17. The quantitative estimate of drug-likeness (QED) is 0.642. The molecule has 0 bridgehead atoms. The fourth-order valence-corrected chi connectivity index (χ4v) is 3.48. The van der Waals surface area contributed by atoms with Crippen LogP contribution < -0.4 is 0 Å². The highest BCUT2D eigenvalue weighted by atomic mass is 32.2. The third-order valence-corrected chi connectivity index (χ3v) is 4.31. The second kappa shape index (κ2) is 4.83. The van der Waals surface area contributed by atoms with E-state index in [0.717, 1.165) is 12.8 Å². The summed E-state index contributed by atoms with van der Waals surface area (Å²) in [6.45, 7) is 1.81.